The van der Waals surface area contributed by atoms with Crippen LogP contribution in [-0.2, 0) is 24.0 Å². The van der Waals surface area contributed by atoms with Crippen molar-refractivity contribution in [2.24, 2.45) is 11.7 Å². The molecule has 0 bridgehead atoms. The van der Waals surface area contributed by atoms with Gasteiger partial charge in [0, 0.05) is 6.42 Å². The molecule has 0 saturated carbocycles. The number of carbonyl (C=O) groups excluding carboxylic acids is 3. The monoisotopic (exact) mass is 434 g/mol. The van der Waals surface area contributed by atoms with E-state index < -0.39 is 54.2 Å². The maximum atomic E-state index is 12.4. The minimum Gasteiger partial charge on any atom is -0.481 e. The van der Waals surface area contributed by atoms with Crippen molar-refractivity contribution in [2.45, 2.75) is 51.2 Å². The van der Waals surface area contributed by atoms with Crippen LogP contribution >= 0.6 is 11.8 Å². The lowest BCUT2D eigenvalue weighted by Crippen LogP contribution is -2.54. The molecule has 0 fully saturated rings. The zero-order chi connectivity index (χ0) is 22.6. The molecule has 0 aliphatic rings. The Labute approximate surface area is 173 Å². The Hall–Kier alpha value is -2.34. The van der Waals surface area contributed by atoms with Gasteiger partial charge in [-0.25, -0.2) is 4.79 Å². The standard InChI is InChI=1S/C17H30N4O7S/c1-9(2)14(18)16(26)19-8-12(22)20-10(6-7-29-3)15(25)21-11(17(27)28)4-5-13(23)24/h9-11,14H,4-8,18H2,1-3H3,(H,19,26)(H,20,22)(H,21,25)(H,23,24)(H,27,28). The summed E-state index contributed by atoms with van der Waals surface area (Å²) in [6, 6.07) is -3.20. The minimum absolute atomic E-state index is 0.114. The predicted octanol–water partition coefficient (Wildman–Crippen LogP) is -1.24. The minimum atomic E-state index is -1.39. The highest BCUT2D eigenvalue weighted by Gasteiger charge is 2.27. The fourth-order valence-corrected chi connectivity index (χ4v) is 2.61. The van der Waals surface area contributed by atoms with Crippen LogP contribution in [0.3, 0.4) is 0 Å². The van der Waals surface area contributed by atoms with Crippen LogP contribution in [0.15, 0.2) is 0 Å². The second kappa shape index (κ2) is 13.8. The molecule has 0 saturated heterocycles. The Balaban J connectivity index is 4.89. The van der Waals surface area contributed by atoms with Crippen molar-refractivity contribution < 1.29 is 34.2 Å². The van der Waals surface area contributed by atoms with E-state index in [2.05, 4.69) is 16.0 Å². The summed E-state index contributed by atoms with van der Waals surface area (Å²) in [4.78, 5) is 58.2. The number of nitrogens with two attached hydrogens (primary N) is 1. The molecule has 3 unspecified atom stereocenters. The number of aliphatic carboxylic acids is 2. The Morgan fingerprint density at radius 2 is 1.59 bits per heavy atom. The largest absolute Gasteiger partial charge is 0.481 e. The fourth-order valence-electron chi connectivity index (χ4n) is 2.14. The van der Waals surface area contributed by atoms with E-state index >= 15 is 0 Å². The van der Waals surface area contributed by atoms with E-state index in [-0.39, 0.29) is 25.3 Å². The average Bonchev–Trinajstić information content (AvgIpc) is 2.64. The summed E-state index contributed by atoms with van der Waals surface area (Å²) in [6.07, 6.45) is 1.31. The smallest absolute Gasteiger partial charge is 0.326 e. The first-order valence-electron chi connectivity index (χ1n) is 9.06. The van der Waals surface area contributed by atoms with Crippen LogP contribution in [-0.4, -0.2) is 76.6 Å². The van der Waals surface area contributed by atoms with Crippen LogP contribution in [0.1, 0.15) is 33.1 Å². The van der Waals surface area contributed by atoms with Crippen molar-refractivity contribution in [3.63, 3.8) is 0 Å². The van der Waals surface area contributed by atoms with E-state index in [1.807, 2.05) is 0 Å². The molecule has 0 aliphatic heterocycles. The fraction of sp³-hybridized carbons (Fsp3) is 0.706. The van der Waals surface area contributed by atoms with Crippen molar-refractivity contribution in [2.75, 3.05) is 18.6 Å². The van der Waals surface area contributed by atoms with Gasteiger partial charge < -0.3 is 31.9 Å². The summed E-state index contributed by atoms with van der Waals surface area (Å²) in [5.74, 6) is -4.03. The highest BCUT2D eigenvalue weighted by Crippen LogP contribution is 2.04. The van der Waals surface area contributed by atoms with Gasteiger partial charge in [-0.05, 0) is 30.8 Å². The summed E-state index contributed by atoms with van der Waals surface area (Å²) in [6.45, 7) is 3.14. The topological polar surface area (TPSA) is 188 Å². The van der Waals surface area contributed by atoms with Crippen LogP contribution in [0.25, 0.3) is 0 Å². The normalized spacial score (nSPS) is 13.8. The molecular formula is C17H30N4O7S. The molecule has 0 radical (unpaired) electrons. The van der Waals surface area contributed by atoms with Gasteiger partial charge in [0.2, 0.25) is 17.7 Å². The number of amides is 3. The maximum Gasteiger partial charge on any atom is 0.326 e. The van der Waals surface area contributed by atoms with Gasteiger partial charge in [-0.2, -0.15) is 11.8 Å². The lowest BCUT2D eigenvalue weighted by molar-refractivity contribution is -0.143. The van der Waals surface area contributed by atoms with Gasteiger partial charge in [0.25, 0.3) is 0 Å². The van der Waals surface area contributed by atoms with Crippen LogP contribution in [0.4, 0.5) is 0 Å². The molecule has 0 heterocycles. The summed E-state index contributed by atoms with van der Waals surface area (Å²) < 4.78 is 0. The van der Waals surface area contributed by atoms with Gasteiger partial charge in [-0.1, -0.05) is 13.8 Å². The first-order valence-corrected chi connectivity index (χ1v) is 10.5. The van der Waals surface area contributed by atoms with E-state index in [4.69, 9.17) is 15.9 Å². The number of hydrogen-bond donors (Lipinski definition) is 6. The van der Waals surface area contributed by atoms with Gasteiger partial charge in [-0.3, -0.25) is 19.2 Å². The van der Waals surface area contributed by atoms with Crippen LogP contribution in [0.2, 0.25) is 0 Å². The van der Waals surface area contributed by atoms with Gasteiger partial charge in [0.05, 0.1) is 12.6 Å². The van der Waals surface area contributed by atoms with Crippen molar-refractivity contribution in [3.05, 3.63) is 0 Å². The number of carbonyl (C=O) groups is 5. The van der Waals surface area contributed by atoms with Gasteiger partial charge in [-0.15, -0.1) is 0 Å². The van der Waals surface area contributed by atoms with Crippen molar-refractivity contribution in [3.8, 4) is 0 Å². The Morgan fingerprint density at radius 3 is 2.07 bits per heavy atom. The lowest BCUT2D eigenvalue weighted by atomic mass is 10.1. The molecule has 12 heteroatoms. The molecule has 0 aromatic carbocycles. The van der Waals surface area contributed by atoms with Gasteiger partial charge in [0.15, 0.2) is 0 Å². The Morgan fingerprint density at radius 1 is 0.966 bits per heavy atom. The number of rotatable bonds is 14. The Kier molecular flexibility index (Phi) is 12.7. The lowest BCUT2D eigenvalue weighted by Gasteiger charge is -2.21. The van der Waals surface area contributed by atoms with Crippen molar-refractivity contribution in [1.82, 2.24) is 16.0 Å². The van der Waals surface area contributed by atoms with E-state index in [0.717, 1.165) is 0 Å². The van der Waals surface area contributed by atoms with E-state index in [0.29, 0.717) is 5.75 Å². The van der Waals surface area contributed by atoms with Gasteiger partial charge in [0.1, 0.15) is 12.1 Å². The first-order chi connectivity index (χ1) is 13.5. The Bertz CT molecular complexity index is 600. The molecule has 166 valence electrons. The quantitative estimate of drug-likeness (QED) is 0.194. The number of hydrogen-bond acceptors (Lipinski definition) is 7. The molecule has 0 aromatic heterocycles. The third-order valence-corrected chi connectivity index (χ3v) is 4.61. The molecule has 0 rings (SSSR count). The number of nitrogens with one attached hydrogen (secondary N) is 3. The third-order valence-electron chi connectivity index (χ3n) is 3.97. The average molecular weight is 435 g/mol. The molecule has 3 atom stereocenters. The second-order valence-electron chi connectivity index (χ2n) is 6.72. The number of carboxylic acids is 2. The van der Waals surface area contributed by atoms with E-state index in [1.54, 1.807) is 20.1 Å². The molecule has 11 nitrogen and oxygen atoms in total. The van der Waals surface area contributed by atoms with Crippen LogP contribution in [0, 0.1) is 5.92 Å². The molecule has 3 amide bonds. The maximum absolute atomic E-state index is 12.4. The van der Waals surface area contributed by atoms with Crippen molar-refractivity contribution >= 4 is 41.4 Å². The highest BCUT2D eigenvalue weighted by molar-refractivity contribution is 7.98. The summed E-state index contributed by atoms with van der Waals surface area (Å²) in [7, 11) is 0. The molecule has 0 aromatic rings. The summed E-state index contributed by atoms with van der Waals surface area (Å²) >= 11 is 1.43. The molecule has 29 heavy (non-hydrogen) atoms. The van der Waals surface area contributed by atoms with Gasteiger partial charge >= 0.3 is 11.9 Å². The molecule has 0 aliphatic carbocycles. The molecule has 0 spiro atoms. The summed E-state index contributed by atoms with van der Waals surface area (Å²) in [5.41, 5.74) is 5.69. The summed E-state index contributed by atoms with van der Waals surface area (Å²) in [5, 5.41) is 24.9. The number of carboxylic acid groups (broad SMARTS) is 2. The van der Waals surface area contributed by atoms with Crippen LogP contribution in [0.5, 0.6) is 0 Å². The second-order valence-corrected chi connectivity index (χ2v) is 7.71. The molecule has 7 N–H and O–H groups in total. The first kappa shape index (κ1) is 26.7. The number of thioether (sulfide) groups is 1. The molecular weight excluding hydrogens is 404 g/mol. The van der Waals surface area contributed by atoms with Crippen molar-refractivity contribution in [1.29, 1.82) is 0 Å². The highest BCUT2D eigenvalue weighted by atomic mass is 32.2. The predicted molar refractivity (Wildman–Crippen MR) is 107 cm³/mol. The zero-order valence-electron chi connectivity index (χ0n) is 16.8. The van der Waals surface area contributed by atoms with E-state index in [9.17, 15) is 24.0 Å². The van der Waals surface area contributed by atoms with Crippen LogP contribution < -0.4 is 21.7 Å². The van der Waals surface area contributed by atoms with E-state index in [1.165, 1.54) is 11.8 Å². The SMILES string of the molecule is CSCCC(NC(=O)CNC(=O)C(N)C(C)C)C(=O)NC(CCC(=O)O)C(=O)O. The third kappa shape index (κ3) is 11.3. The zero-order valence-corrected chi connectivity index (χ0v) is 17.6.